The fourth-order valence-electron chi connectivity index (χ4n) is 1.82. The molecule has 2 heterocycles. The minimum atomic E-state index is -0.860. The van der Waals surface area contributed by atoms with Crippen molar-refractivity contribution in [2.45, 2.75) is 20.3 Å². The monoisotopic (exact) mass is 309 g/mol. The van der Waals surface area contributed by atoms with Gasteiger partial charge in [0, 0.05) is 17.5 Å². The highest BCUT2D eigenvalue weighted by atomic mass is 79.9. The number of hydrogen-bond acceptors (Lipinski definition) is 3. The number of carboxylic acid groups (broad SMARTS) is 1. The van der Waals surface area contributed by atoms with Crippen LogP contribution in [0.15, 0.2) is 22.8 Å². The maximum Gasteiger partial charge on any atom is 0.307 e. The third-order valence-electron chi connectivity index (χ3n) is 2.71. The van der Waals surface area contributed by atoms with Gasteiger partial charge in [-0.2, -0.15) is 5.10 Å². The van der Waals surface area contributed by atoms with Gasteiger partial charge >= 0.3 is 5.97 Å². The minimum Gasteiger partial charge on any atom is -0.481 e. The van der Waals surface area contributed by atoms with Gasteiger partial charge in [-0.25, -0.2) is 9.67 Å². The summed E-state index contributed by atoms with van der Waals surface area (Å²) in [6, 6.07) is 3.69. The standard InChI is InChI=1S/C12H12BrN3O2/c1-7-9(6-11(17)18)8(2)16(15-7)12-10(13)4-3-5-14-12/h3-5H,6H2,1-2H3,(H,17,18). The summed E-state index contributed by atoms with van der Waals surface area (Å²) in [5, 5.41) is 13.2. The fraction of sp³-hybridized carbons (Fsp3) is 0.250. The molecule has 0 aromatic carbocycles. The average molecular weight is 310 g/mol. The van der Waals surface area contributed by atoms with Gasteiger partial charge in [-0.05, 0) is 41.9 Å². The van der Waals surface area contributed by atoms with E-state index in [-0.39, 0.29) is 6.42 Å². The number of aromatic nitrogens is 3. The number of carbonyl (C=O) groups is 1. The van der Waals surface area contributed by atoms with Crippen LogP contribution in [-0.2, 0) is 11.2 Å². The van der Waals surface area contributed by atoms with Crippen LogP contribution in [0.2, 0.25) is 0 Å². The zero-order chi connectivity index (χ0) is 13.3. The molecule has 18 heavy (non-hydrogen) atoms. The van der Waals surface area contributed by atoms with Crippen molar-refractivity contribution in [3.05, 3.63) is 39.8 Å². The molecule has 0 fully saturated rings. The van der Waals surface area contributed by atoms with Gasteiger partial charge in [-0.1, -0.05) is 0 Å². The van der Waals surface area contributed by atoms with Crippen LogP contribution in [0.4, 0.5) is 0 Å². The van der Waals surface area contributed by atoms with Crippen molar-refractivity contribution in [1.82, 2.24) is 14.8 Å². The Labute approximate surface area is 113 Å². The highest BCUT2D eigenvalue weighted by Crippen LogP contribution is 2.22. The van der Waals surface area contributed by atoms with Crippen molar-refractivity contribution in [1.29, 1.82) is 0 Å². The third-order valence-corrected chi connectivity index (χ3v) is 3.33. The molecule has 0 aliphatic rings. The molecule has 0 saturated heterocycles. The first-order valence-electron chi connectivity index (χ1n) is 5.38. The lowest BCUT2D eigenvalue weighted by atomic mass is 10.1. The second kappa shape index (κ2) is 4.89. The number of hydrogen-bond donors (Lipinski definition) is 1. The van der Waals surface area contributed by atoms with Gasteiger partial charge in [0.25, 0.3) is 0 Å². The summed E-state index contributed by atoms with van der Waals surface area (Å²) in [4.78, 5) is 15.1. The van der Waals surface area contributed by atoms with E-state index >= 15 is 0 Å². The topological polar surface area (TPSA) is 68.0 Å². The lowest BCUT2D eigenvalue weighted by Crippen LogP contribution is -2.05. The Balaban J connectivity index is 2.54. The van der Waals surface area contributed by atoms with Crippen LogP contribution in [-0.4, -0.2) is 25.8 Å². The normalized spacial score (nSPS) is 10.6. The Morgan fingerprint density at radius 3 is 2.83 bits per heavy atom. The van der Waals surface area contributed by atoms with E-state index in [1.807, 2.05) is 19.1 Å². The largest absolute Gasteiger partial charge is 0.481 e. The Hall–Kier alpha value is -1.69. The maximum absolute atomic E-state index is 10.8. The smallest absolute Gasteiger partial charge is 0.307 e. The van der Waals surface area contributed by atoms with Gasteiger partial charge in [-0.15, -0.1) is 0 Å². The number of carboxylic acids is 1. The summed E-state index contributed by atoms with van der Waals surface area (Å²) in [5.41, 5.74) is 2.25. The SMILES string of the molecule is Cc1nn(-c2ncccc2Br)c(C)c1CC(=O)O. The van der Waals surface area contributed by atoms with Crippen LogP contribution in [0, 0.1) is 13.8 Å². The van der Waals surface area contributed by atoms with E-state index < -0.39 is 5.97 Å². The average Bonchev–Trinajstić information content (AvgIpc) is 2.57. The molecule has 2 rings (SSSR count). The summed E-state index contributed by atoms with van der Waals surface area (Å²) in [7, 11) is 0. The molecule has 0 saturated carbocycles. The van der Waals surface area contributed by atoms with E-state index in [4.69, 9.17) is 5.11 Å². The number of aliphatic carboxylic acids is 1. The van der Waals surface area contributed by atoms with Crippen LogP contribution >= 0.6 is 15.9 Å². The van der Waals surface area contributed by atoms with Crippen molar-refractivity contribution in [3.63, 3.8) is 0 Å². The summed E-state index contributed by atoms with van der Waals surface area (Å²) in [6.07, 6.45) is 1.65. The Morgan fingerprint density at radius 2 is 2.22 bits per heavy atom. The summed E-state index contributed by atoms with van der Waals surface area (Å²) < 4.78 is 2.48. The van der Waals surface area contributed by atoms with Gasteiger partial charge in [0.15, 0.2) is 5.82 Å². The first-order chi connectivity index (χ1) is 8.50. The molecule has 0 aliphatic carbocycles. The first-order valence-corrected chi connectivity index (χ1v) is 6.17. The second-order valence-electron chi connectivity index (χ2n) is 3.94. The van der Waals surface area contributed by atoms with Gasteiger partial charge in [-0.3, -0.25) is 4.79 Å². The zero-order valence-electron chi connectivity index (χ0n) is 10.0. The van der Waals surface area contributed by atoms with E-state index in [2.05, 4.69) is 26.0 Å². The van der Waals surface area contributed by atoms with E-state index in [1.165, 1.54) is 0 Å². The Bertz CT molecular complexity index is 607. The number of pyridine rings is 1. The summed E-state index contributed by atoms with van der Waals surface area (Å²) in [5.74, 6) is -0.199. The van der Waals surface area contributed by atoms with Crippen LogP contribution in [0.25, 0.3) is 5.82 Å². The molecule has 0 radical (unpaired) electrons. The quantitative estimate of drug-likeness (QED) is 0.944. The van der Waals surface area contributed by atoms with Crippen LogP contribution in [0.3, 0.4) is 0 Å². The number of rotatable bonds is 3. The maximum atomic E-state index is 10.8. The van der Waals surface area contributed by atoms with Crippen molar-refractivity contribution >= 4 is 21.9 Å². The highest BCUT2D eigenvalue weighted by Gasteiger charge is 2.17. The first kappa shape index (κ1) is 12.8. The number of halogens is 1. The highest BCUT2D eigenvalue weighted by molar-refractivity contribution is 9.10. The van der Waals surface area contributed by atoms with Gasteiger partial charge in [0.05, 0.1) is 16.6 Å². The molecule has 94 valence electrons. The van der Waals surface area contributed by atoms with E-state index in [0.29, 0.717) is 11.5 Å². The summed E-state index contributed by atoms with van der Waals surface area (Å²) >= 11 is 3.41. The molecular weight excluding hydrogens is 298 g/mol. The van der Waals surface area contributed by atoms with Gasteiger partial charge in [0.1, 0.15) is 0 Å². The van der Waals surface area contributed by atoms with Gasteiger partial charge in [0.2, 0.25) is 0 Å². The van der Waals surface area contributed by atoms with E-state index in [9.17, 15) is 4.79 Å². The predicted octanol–water partition coefficient (Wildman–Crippen LogP) is 2.27. The van der Waals surface area contributed by atoms with Crippen LogP contribution in [0.1, 0.15) is 17.0 Å². The van der Waals surface area contributed by atoms with Crippen molar-refractivity contribution < 1.29 is 9.90 Å². The van der Waals surface area contributed by atoms with Crippen LogP contribution < -0.4 is 0 Å². The predicted molar refractivity (Wildman–Crippen MR) is 69.9 cm³/mol. The molecule has 2 aromatic heterocycles. The number of nitrogens with zero attached hydrogens (tertiary/aromatic N) is 3. The molecule has 0 atom stereocenters. The lowest BCUT2D eigenvalue weighted by molar-refractivity contribution is -0.136. The Kier molecular flexibility index (Phi) is 3.47. The van der Waals surface area contributed by atoms with E-state index in [1.54, 1.807) is 17.8 Å². The molecule has 5 nitrogen and oxygen atoms in total. The van der Waals surface area contributed by atoms with Crippen LogP contribution in [0.5, 0.6) is 0 Å². The number of aryl methyl sites for hydroxylation is 1. The molecular formula is C12H12BrN3O2. The molecule has 6 heteroatoms. The lowest BCUT2D eigenvalue weighted by Gasteiger charge is -2.05. The third kappa shape index (κ3) is 2.28. The van der Waals surface area contributed by atoms with Crippen molar-refractivity contribution in [2.24, 2.45) is 0 Å². The molecule has 1 N–H and O–H groups in total. The molecule has 0 bridgehead atoms. The summed E-state index contributed by atoms with van der Waals surface area (Å²) in [6.45, 7) is 3.65. The van der Waals surface area contributed by atoms with Crippen molar-refractivity contribution in [2.75, 3.05) is 0 Å². The van der Waals surface area contributed by atoms with Gasteiger partial charge < -0.3 is 5.11 Å². The Morgan fingerprint density at radius 1 is 1.50 bits per heavy atom. The van der Waals surface area contributed by atoms with Crippen molar-refractivity contribution in [3.8, 4) is 5.82 Å². The van der Waals surface area contributed by atoms with E-state index in [0.717, 1.165) is 15.7 Å². The molecule has 0 spiro atoms. The minimum absolute atomic E-state index is 0.0257. The zero-order valence-corrected chi connectivity index (χ0v) is 11.6. The molecule has 2 aromatic rings. The molecule has 0 aliphatic heterocycles. The molecule has 0 unspecified atom stereocenters. The molecule has 0 amide bonds. The fourth-order valence-corrected chi connectivity index (χ4v) is 2.24. The second-order valence-corrected chi connectivity index (χ2v) is 4.79.